The Morgan fingerprint density at radius 3 is 2.76 bits per heavy atom. The zero-order valence-corrected chi connectivity index (χ0v) is 14.7. The molecule has 130 valence electrons. The van der Waals surface area contributed by atoms with Gasteiger partial charge in [-0.05, 0) is 26.0 Å². The Morgan fingerprint density at radius 1 is 1.16 bits per heavy atom. The summed E-state index contributed by atoms with van der Waals surface area (Å²) in [5.74, 6) is 0.914. The van der Waals surface area contributed by atoms with Gasteiger partial charge < -0.3 is 14.7 Å². The number of thioether (sulfide) groups is 1. The van der Waals surface area contributed by atoms with Crippen molar-refractivity contribution in [1.82, 2.24) is 19.9 Å². The van der Waals surface area contributed by atoms with Crippen LogP contribution in [0.25, 0.3) is 10.9 Å². The molecule has 0 unspecified atom stereocenters. The summed E-state index contributed by atoms with van der Waals surface area (Å²) in [4.78, 5) is 38.1. The number of benzene rings is 1. The third-order valence-electron chi connectivity index (χ3n) is 3.35. The molecule has 3 aromatic rings. The molecule has 0 amide bonds. The fourth-order valence-corrected chi connectivity index (χ4v) is 2.98. The molecule has 25 heavy (non-hydrogen) atoms. The van der Waals surface area contributed by atoms with Crippen molar-refractivity contribution in [2.45, 2.75) is 37.5 Å². The predicted molar refractivity (Wildman–Crippen MR) is 96.7 cm³/mol. The maximum Gasteiger partial charge on any atom is 0.258 e. The summed E-state index contributed by atoms with van der Waals surface area (Å²) in [5.41, 5.74) is 0.795. The van der Waals surface area contributed by atoms with Crippen LogP contribution in [-0.2, 0) is 17.1 Å². The van der Waals surface area contributed by atoms with Crippen molar-refractivity contribution in [2.24, 2.45) is 0 Å². The molecule has 0 aliphatic rings. The van der Waals surface area contributed by atoms with Crippen molar-refractivity contribution >= 4 is 22.7 Å². The Morgan fingerprint density at radius 2 is 1.96 bits per heavy atom. The van der Waals surface area contributed by atoms with Crippen molar-refractivity contribution in [2.75, 3.05) is 0 Å². The molecule has 0 aliphatic heterocycles. The van der Waals surface area contributed by atoms with E-state index in [0.717, 1.165) is 0 Å². The van der Waals surface area contributed by atoms with Gasteiger partial charge in [-0.15, -0.1) is 0 Å². The fraction of sp³-hybridized carbons (Fsp3) is 0.294. The average molecular weight is 358 g/mol. The number of rotatable bonds is 6. The van der Waals surface area contributed by atoms with Gasteiger partial charge in [0.05, 0.1) is 35.1 Å². The second-order valence-electron chi connectivity index (χ2n) is 5.72. The highest BCUT2D eigenvalue weighted by Crippen LogP contribution is 2.17. The molecule has 2 aromatic heterocycles. The molecule has 0 saturated carbocycles. The van der Waals surface area contributed by atoms with E-state index in [4.69, 9.17) is 4.74 Å². The minimum Gasteiger partial charge on any atom is -0.373 e. The van der Waals surface area contributed by atoms with Crippen LogP contribution in [0.3, 0.4) is 0 Å². The molecule has 0 atom stereocenters. The average Bonchev–Trinajstić information content (AvgIpc) is 2.58. The molecule has 0 fully saturated rings. The first-order valence-corrected chi connectivity index (χ1v) is 8.82. The van der Waals surface area contributed by atoms with Crippen LogP contribution in [0.15, 0.2) is 45.1 Å². The Hall–Kier alpha value is -2.45. The van der Waals surface area contributed by atoms with Gasteiger partial charge in [-0.3, -0.25) is 9.59 Å². The van der Waals surface area contributed by atoms with Gasteiger partial charge in [0.25, 0.3) is 11.1 Å². The number of hydrogen-bond donors (Lipinski definition) is 2. The highest BCUT2D eigenvalue weighted by Gasteiger charge is 2.07. The number of ether oxygens (including phenoxy) is 1. The van der Waals surface area contributed by atoms with Gasteiger partial charge in [0.15, 0.2) is 5.16 Å². The Balaban J connectivity index is 1.77. The molecule has 2 heterocycles. The molecule has 0 radical (unpaired) electrons. The molecule has 3 rings (SSSR count). The molecule has 7 nitrogen and oxygen atoms in total. The number of aromatic amines is 2. The van der Waals surface area contributed by atoms with Crippen LogP contribution >= 0.6 is 11.8 Å². The predicted octanol–water partition coefficient (Wildman–Crippen LogP) is 2.22. The smallest absolute Gasteiger partial charge is 0.258 e. The third-order valence-corrected chi connectivity index (χ3v) is 4.23. The van der Waals surface area contributed by atoms with Crippen LogP contribution in [0.1, 0.15) is 25.4 Å². The number of H-pyrrole nitrogens is 2. The summed E-state index contributed by atoms with van der Waals surface area (Å²) in [6.07, 6.45) is 0.0593. The van der Waals surface area contributed by atoms with Gasteiger partial charge in [0, 0.05) is 6.07 Å². The summed E-state index contributed by atoms with van der Waals surface area (Å²) in [6.45, 7) is 4.12. The highest BCUT2D eigenvalue weighted by atomic mass is 32.2. The van der Waals surface area contributed by atoms with Gasteiger partial charge in [0.1, 0.15) is 5.82 Å². The van der Waals surface area contributed by atoms with E-state index < -0.39 is 0 Å². The van der Waals surface area contributed by atoms with Crippen molar-refractivity contribution in [3.63, 3.8) is 0 Å². The minimum absolute atomic E-state index is 0.0593. The van der Waals surface area contributed by atoms with Gasteiger partial charge in [-0.2, -0.15) is 0 Å². The molecule has 1 aromatic carbocycles. The standard InChI is InChI=1S/C17H18N4O3S/c1-10(2)24-8-11-7-15(22)21-17(18-11)25-9-14-19-13-6-4-3-5-12(13)16(23)20-14/h3-7,10H,8-9H2,1-2H3,(H,18,21,22)(H,19,20,23). The van der Waals surface area contributed by atoms with Gasteiger partial charge >= 0.3 is 0 Å². The van der Waals surface area contributed by atoms with Crippen molar-refractivity contribution in [3.05, 3.63) is 62.6 Å². The summed E-state index contributed by atoms with van der Waals surface area (Å²) in [5, 5.41) is 1.02. The van der Waals surface area contributed by atoms with Crippen LogP contribution in [-0.4, -0.2) is 26.0 Å². The van der Waals surface area contributed by atoms with Gasteiger partial charge in [-0.1, -0.05) is 23.9 Å². The fourth-order valence-electron chi connectivity index (χ4n) is 2.22. The van der Waals surface area contributed by atoms with Crippen molar-refractivity contribution in [3.8, 4) is 0 Å². The highest BCUT2D eigenvalue weighted by molar-refractivity contribution is 7.98. The SMILES string of the molecule is CC(C)OCc1cc(=O)[nH]c(SCc2nc3ccccc3c(=O)[nH]2)n1. The first-order valence-electron chi connectivity index (χ1n) is 7.84. The number of nitrogens with zero attached hydrogens (tertiary/aromatic N) is 2. The molecule has 0 spiro atoms. The van der Waals surface area contributed by atoms with E-state index in [1.807, 2.05) is 19.9 Å². The number of fused-ring (bicyclic) bond motifs is 1. The summed E-state index contributed by atoms with van der Waals surface area (Å²) in [6, 6.07) is 8.58. The Labute approximate surface area is 147 Å². The van der Waals surface area contributed by atoms with E-state index in [0.29, 0.717) is 33.3 Å². The summed E-state index contributed by atoms with van der Waals surface area (Å²) in [7, 11) is 0. The van der Waals surface area contributed by atoms with Crippen LogP contribution in [0.4, 0.5) is 0 Å². The van der Waals surface area contributed by atoms with E-state index in [1.165, 1.54) is 17.8 Å². The van der Waals surface area contributed by atoms with Crippen LogP contribution in [0, 0.1) is 0 Å². The van der Waals surface area contributed by atoms with E-state index in [9.17, 15) is 9.59 Å². The van der Waals surface area contributed by atoms with Crippen molar-refractivity contribution in [1.29, 1.82) is 0 Å². The Kier molecular flexibility index (Phi) is 5.30. The molecular weight excluding hydrogens is 340 g/mol. The van der Waals surface area contributed by atoms with E-state index in [2.05, 4.69) is 19.9 Å². The maximum atomic E-state index is 12.1. The van der Waals surface area contributed by atoms with E-state index in [-0.39, 0.29) is 23.8 Å². The number of hydrogen-bond acceptors (Lipinski definition) is 6. The normalized spacial score (nSPS) is 11.3. The van der Waals surface area contributed by atoms with Crippen molar-refractivity contribution < 1.29 is 4.74 Å². The molecule has 0 bridgehead atoms. The van der Waals surface area contributed by atoms with Gasteiger partial charge in [-0.25, -0.2) is 9.97 Å². The third kappa shape index (κ3) is 4.55. The topological polar surface area (TPSA) is 101 Å². The molecular formula is C17H18N4O3S. The quantitative estimate of drug-likeness (QED) is 0.518. The molecule has 8 heteroatoms. The second kappa shape index (κ2) is 7.62. The summed E-state index contributed by atoms with van der Waals surface area (Å²) >= 11 is 1.30. The number of aromatic nitrogens is 4. The van der Waals surface area contributed by atoms with E-state index >= 15 is 0 Å². The second-order valence-corrected chi connectivity index (χ2v) is 6.68. The van der Waals surface area contributed by atoms with Crippen LogP contribution in [0.2, 0.25) is 0 Å². The lowest BCUT2D eigenvalue weighted by molar-refractivity contribution is 0.0631. The number of para-hydroxylation sites is 1. The largest absolute Gasteiger partial charge is 0.373 e. The van der Waals surface area contributed by atoms with E-state index in [1.54, 1.807) is 18.2 Å². The zero-order valence-electron chi connectivity index (χ0n) is 13.9. The summed E-state index contributed by atoms with van der Waals surface area (Å²) < 4.78 is 5.48. The first kappa shape index (κ1) is 17.4. The molecule has 0 saturated heterocycles. The lowest BCUT2D eigenvalue weighted by atomic mass is 10.2. The molecule has 0 aliphatic carbocycles. The van der Waals surface area contributed by atoms with Gasteiger partial charge in [0.2, 0.25) is 0 Å². The van der Waals surface area contributed by atoms with Crippen LogP contribution in [0.5, 0.6) is 0 Å². The monoisotopic (exact) mass is 358 g/mol. The molecule has 2 N–H and O–H groups in total. The zero-order chi connectivity index (χ0) is 17.8. The van der Waals surface area contributed by atoms with Crippen LogP contribution < -0.4 is 11.1 Å². The first-order chi connectivity index (χ1) is 12.0. The lowest BCUT2D eigenvalue weighted by Gasteiger charge is -2.08. The number of nitrogens with one attached hydrogen (secondary N) is 2. The minimum atomic E-state index is -0.236. The maximum absolute atomic E-state index is 12.1. The lowest BCUT2D eigenvalue weighted by Crippen LogP contribution is -2.13. The Bertz CT molecular complexity index is 997.